The quantitative estimate of drug-likeness (QED) is 0.608. The average Bonchev–Trinajstić information content (AvgIpc) is 2.68. The highest BCUT2D eigenvalue weighted by molar-refractivity contribution is 6.42. The van der Waals surface area contributed by atoms with Crippen LogP contribution < -0.4 is 10.1 Å². The summed E-state index contributed by atoms with van der Waals surface area (Å²) in [4.78, 5) is 27.6. The zero-order valence-corrected chi connectivity index (χ0v) is 19.3. The number of ether oxygens (including phenoxy) is 1. The molecule has 2 aromatic carbocycles. The van der Waals surface area contributed by atoms with Crippen LogP contribution in [0.15, 0.2) is 48.5 Å². The number of nitrogens with one attached hydrogen (secondary N) is 1. The zero-order chi connectivity index (χ0) is 22.3. The van der Waals surface area contributed by atoms with E-state index in [1.54, 1.807) is 30.3 Å². The van der Waals surface area contributed by atoms with Crippen molar-refractivity contribution in [3.63, 3.8) is 0 Å². The van der Waals surface area contributed by atoms with Crippen LogP contribution in [0.1, 0.15) is 39.7 Å². The number of carbonyl (C=O) groups is 2. The number of rotatable bonds is 8. The average molecular weight is 451 g/mol. The summed E-state index contributed by atoms with van der Waals surface area (Å²) >= 11 is 12.2. The number of hydrogen-bond donors (Lipinski definition) is 1. The van der Waals surface area contributed by atoms with Crippen LogP contribution in [0.5, 0.6) is 5.75 Å². The molecule has 1 N–H and O–H groups in total. The molecule has 0 aliphatic heterocycles. The minimum atomic E-state index is -0.648. The molecule has 30 heavy (non-hydrogen) atoms. The molecule has 5 nitrogen and oxygen atoms in total. The lowest BCUT2D eigenvalue weighted by Gasteiger charge is -2.33. The topological polar surface area (TPSA) is 58.6 Å². The molecular formula is C23H28Cl2N2O3. The molecular weight excluding hydrogens is 423 g/mol. The first kappa shape index (κ1) is 24.0. The summed E-state index contributed by atoms with van der Waals surface area (Å²) in [6.07, 6.45) is 0.459. The number of carbonyl (C=O) groups excluding carboxylic acids is 2. The molecule has 0 bridgehead atoms. The van der Waals surface area contributed by atoms with E-state index < -0.39 is 11.6 Å². The van der Waals surface area contributed by atoms with E-state index in [4.69, 9.17) is 27.9 Å². The lowest BCUT2D eigenvalue weighted by molar-refractivity contribution is -0.143. The minimum Gasteiger partial charge on any atom is -0.484 e. The molecule has 0 spiro atoms. The van der Waals surface area contributed by atoms with Gasteiger partial charge in [-0.3, -0.25) is 9.59 Å². The fourth-order valence-corrected chi connectivity index (χ4v) is 3.27. The van der Waals surface area contributed by atoms with Crippen LogP contribution >= 0.6 is 23.2 Å². The van der Waals surface area contributed by atoms with Crippen LogP contribution in [0.25, 0.3) is 0 Å². The first-order valence-electron chi connectivity index (χ1n) is 9.84. The first-order valence-corrected chi connectivity index (χ1v) is 10.6. The second kappa shape index (κ2) is 10.7. The summed E-state index contributed by atoms with van der Waals surface area (Å²) in [5, 5.41) is 3.80. The predicted octanol–water partition coefficient (Wildman–Crippen LogP) is 5.09. The van der Waals surface area contributed by atoms with Crippen LogP contribution in [-0.4, -0.2) is 34.9 Å². The van der Waals surface area contributed by atoms with Gasteiger partial charge in [0.25, 0.3) is 5.91 Å². The molecule has 0 aromatic heterocycles. The van der Waals surface area contributed by atoms with E-state index in [0.29, 0.717) is 22.2 Å². The van der Waals surface area contributed by atoms with Crippen molar-refractivity contribution >= 4 is 35.0 Å². The van der Waals surface area contributed by atoms with Crippen LogP contribution in [-0.2, 0) is 16.1 Å². The van der Waals surface area contributed by atoms with E-state index >= 15 is 0 Å². The summed E-state index contributed by atoms with van der Waals surface area (Å²) in [6, 6.07) is 13.6. The van der Waals surface area contributed by atoms with Gasteiger partial charge >= 0.3 is 0 Å². The van der Waals surface area contributed by atoms with Gasteiger partial charge in [0.15, 0.2) is 6.61 Å². The highest BCUT2D eigenvalue weighted by Gasteiger charge is 2.31. The van der Waals surface area contributed by atoms with E-state index in [2.05, 4.69) is 5.32 Å². The molecule has 2 rings (SSSR count). The summed E-state index contributed by atoms with van der Waals surface area (Å²) in [7, 11) is 0. The maximum Gasteiger partial charge on any atom is 0.261 e. The van der Waals surface area contributed by atoms with Crippen molar-refractivity contribution in [3.05, 3.63) is 64.1 Å². The summed E-state index contributed by atoms with van der Waals surface area (Å²) < 4.78 is 5.63. The van der Waals surface area contributed by atoms with E-state index in [0.717, 1.165) is 5.56 Å². The summed E-state index contributed by atoms with van der Waals surface area (Å²) in [6.45, 7) is 7.62. The van der Waals surface area contributed by atoms with Crippen LogP contribution in [0, 0.1) is 0 Å². The van der Waals surface area contributed by atoms with Crippen molar-refractivity contribution in [2.45, 2.75) is 52.2 Å². The number of benzene rings is 2. The van der Waals surface area contributed by atoms with Gasteiger partial charge in [0, 0.05) is 12.1 Å². The van der Waals surface area contributed by atoms with Crippen molar-refractivity contribution in [2.75, 3.05) is 6.61 Å². The molecule has 1 atom stereocenters. The van der Waals surface area contributed by atoms with Gasteiger partial charge in [0.2, 0.25) is 5.91 Å². The zero-order valence-electron chi connectivity index (χ0n) is 17.7. The van der Waals surface area contributed by atoms with Crippen LogP contribution in [0.4, 0.5) is 0 Å². The third-order valence-electron chi connectivity index (χ3n) is 4.33. The molecule has 0 radical (unpaired) electrons. The number of halogens is 2. The number of para-hydroxylation sites is 1. The highest BCUT2D eigenvalue weighted by Crippen LogP contribution is 2.24. The Labute approximate surface area is 188 Å². The predicted molar refractivity (Wildman–Crippen MR) is 121 cm³/mol. The number of hydrogen-bond acceptors (Lipinski definition) is 3. The second-order valence-electron chi connectivity index (χ2n) is 8.04. The van der Waals surface area contributed by atoms with E-state index in [1.165, 1.54) is 4.90 Å². The van der Waals surface area contributed by atoms with Gasteiger partial charge in [0.1, 0.15) is 11.8 Å². The molecule has 162 valence electrons. The van der Waals surface area contributed by atoms with Gasteiger partial charge in [0.05, 0.1) is 10.0 Å². The molecule has 0 aliphatic rings. The Morgan fingerprint density at radius 3 is 2.30 bits per heavy atom. The molecule has 0 heterocycles. The Morgan fingerprint density at radius 1 is 1.07 bits per heavy atom. The SMILES string of the molecule is CC[C@@H](C(=O)NC(C)(C)C)N(Cc1ccc(Cl)c(Cl)c1)C(=O)COc1ccccc1. The Kier molecular flexibility index (Phi) is 8.56. The fraction of sp³-hybridized carbons (Fsp3) is 0.391. The third kappa shape index (κ3) is 7.22. The number of nitrogens with zero attached hydrogens (tertiary/aromatic N) is 1. The Balaban J connectivity index is 2.25. The van der Waals surface area contributed by atoms with Gasteiger partial charge in [-0.25, -0.2) is 0 Å². The molecule has 7 heteroatoms. The molecule has 0 aliphatic carbocycles. The van der Waals surface area contributed by atoms with Crippen molar-refractivity contribution in [2.24, 2.45) is 0 Å². The smallest absolute Gasteiger partial charge is 0.261 e. The maximum atomic E-state index is 13.1. The third-order valence-corrected chi connectivity index (χ3v) is 5.07. The normalized spacial score (nSPS) is 12.2. The van der Waals surface area contributed by atoms with Crippen molar-refractivity contribution in [1.29, 1.82) is 0 Å². The first-order chi connectivity index (χ1) is 14.1. The largest absolute Gasteiger partial charge is 0.484 e. The molecule has 2 aromatic rings. The monoisotopic (exact) mass is 450 g/mol. The van der Waals surface area contributed by atoms with E-state index in [9.17, 15) is 9.59 Å². The van der Waals surface area contributed by atoms with Crippen molar-refractivity contribution in [1.82, 2.24) is 10.2 Å². The minimum absolute atomic E-state index is 0.176. The number of amides is 2. The molecule has 0 fully saturated rings. The van der Waals surface area contributed by atoms with Crippen LogP contribution in [0.3, 0.4) is 0 Å². The maximum absolute atomic E-state index is 13.1. The Bertz CT molecular complexity index is 866. The lowest BCUT2D eigenvalue weighted by Crippen LogP contribution is -2.54. The van der Waals surface area contributed by atoms with Gasteiger partial charge in [-0.05, 0) is 57.0 Å². The van der Waals surface area contributed by atoms with Gasteiger partial charge in [-0.15, -0.1) is 0 Å². The van der Waals surface area contributed by atoms with Crippen molar-refractivity contribution in [3.8, 4) is 5.75 Å². The van der Waals surface area contributed by atoms with Gasteiger partial charge in [-0.1, -0.05) is 54.4 Å². The molecule has 2 amide bonds. The lowest BCUT2D eigenvalue weighted by atomic mass is 10.1. The van der Waals surface area contributed by atoms with Gasteiger partial charge in [-0.2, -0.15) is 0 Å². The molecule has 0 saturated heterocycles. The Morgan fingerprint density at radius 2 is 1.73 bits per heavy atom. The molecule has 0 unspecified atom stereocenters. The highest BCUT2D eigenvalue weighted by atomic mass is 35.5. The summed E-state index contributed by atoms with van der Waals surface area (Å²) in [5.41, 5.74) is 0.364. The van der Waals surface area contributed by atoms with Crippen molar-refractivity contribution < 1.29 is 14.3 Å². The summed E-state index contributed by atoms with van der Waals surface area (Å²) in [5.74, 6) is 0.0893. The van der Waals surface area contributed by atoms with Crippen LogP contribution in [0.2, 0.25) is 10.0 Å². The Hall–Kier alpha value is -2.24. The van der Waals surface area contributed by atoms with Gasteiger partial charge < -0.3 is 15.0 Å². The second-order valence-corrected chi connectivity index (χ2v) is 8.85. The standard InChI is InChI=1S/C23H28Cl2N2O3/c1-5-20(22(29)26-23(2,3)4)27(14-16-11-12-18(24)19(25)13-16)21(28)15-30-17-9-7-6-8-10-17/h6-13,20H,5,14-15H2,1-4H3,(H,26,29)/t20-/m0/s1. The fourth-order valence-electron chi connectivity index (χ4n) is 2.95. The van der Waals surface area contributed by atoms with E-state index in [1.807, 2.05) is 45.9 Å². The van der Waals surface area contributed by atoms with E-state index in [-0.39, 0.29) is 25.0 Å². The molecule has 0 saturated carbocycles.